The standard InChI is InChI=1S/C30H22N2O4/c31-25-13-11-21(17-27(25)33)35-29-8-4-7-23-24(29)15-20(10-9-19-5-2-1-3-6-19)16-30(23)36-22-12-14-26(32)28(34)18-22/h1-8,11-18,33-34H,31-32H2. The molecule has 6 nitrogen and oxygen atoms in total. The van der Waals surface area contributed by atoms with Gasteiger partial charge < -0.3 is 31.2 Å². The average Bonchev–Trinajstić information content (AvgIpc) is 2.88. The summed E-state index contributed by atoms with van der Waals surface area (Å²) in [5.41, 5.74) is 13.6. The molecule has 6 N–H and O–H groups in total. The van der Waals surface area contributed by atoms with E-state index in [0.29, 0.717) is 28.6 Å². The van der Waals surface area contributed by atoms with Gasteiger partial charge in [0.25, 0.3) is 0 Å². The van der Waals surface area contributed by atoms with Gasteiger partial charge in [-0.15, -0.1) is 0 Å². The maximum Gasteiger partial charge on any atom is 0.142 e. The molecule has 0 bridgehead atoms. The van der Waals surface area contributed by atoms with Crippen molar-refractivity contribution in [1.29, 1.82) is 0 Å². The number of nitrogens with two attached hydrogens (primary N) is 2. The summed E-state index contributed by atoms with van der Waals surface area (Å²) in [6.07, 6.45) is 0. The molecule has 5 aromatic carbocycles. The molecule has 0 unspecified atom stereocenters. The van der Waals surface area contributed by atoms with Crippen LogP contribution in [0.5, 0.6) is 34.5 Å². The van der Waals surface area contributed by atoms with Crippen LogP contribution < -0.4 is 20.9 Å². The van der Waals surface area contributed by atoms with Crippen LogP contribution in [0.3, 0.4) is 0 Å². The van der Waals surface area contributed by atoms with Crippen LogP contribution >= 0.6 is 0 Å². The zero-order chi connectivity index (χ0) is 25.1. The molecule has 0 aromatic heterocycles. The van der Waals surface area contributed by atoms with E-state index < -0.39 is 0 Å². The Morgan fingerprint density at radius 3 is 1.78 bits per heavy atom. The van der Waals surface area contributed by atoms with E-state index >= 15 is 0 Å². The Labute approximate surface area is 208 Å². The minimum atomic E-state index is -0.0657. The van der Waals surface area contributed by atoms with Crippen LogP contribution in [0, 0.1) is 11.8 Å². The molecule has 5 aromatic rings. The predicted molar refractivity (Wildman–Crippen MR) is 142 cm³/mol. The molecule has 0 amide bonds. The summed E-state index contributed by atoms with van der Waals surface area (Å²) >= 11 is 0. The van der Waals surface area contributed by atoms with Gasteiger partial charge in [-0.2, -0.15) is 0 Å². The molecule has 0 aliphatic heterocycles. The van der Waals surface area contributed by atoms with E-state index in [9.17, 15) is 10.2 Å². The van der Waals surface area contributed by atoms with E-state index in [1.54, 1.807) is 24.3 Å². The van der Waals surface area contributed by atoms with E-state index in [0.717, 1.165) is 16.3 Å². The summed E-state index contributed by atoms with van der Waals surface area (Å²) in [7, 11) is 0. The molecule has 0 fully saturated rings. The minimum absolute atomic E-state index is 0.0608. The van der Waals surface area contributed by atoms with Crippen LogP contribution in [0.25, 0.3) is 10.8 Å². The fourth-order valence-electron chi connectivity index (χ4n) is 3.66. The monoisotopic (exact) mass is 474 g/mol. The van der Waals surface area contributed by atoms with Gasteiger partial charge in [-0.1, -0.05) is 42.2 Å². The summed E-state index contributed by atoms with van der Waals surface area (Å²) in [6, 6.07) is 28.4. The van der Waals surface area contributed by atoms with Crippen LogP contribution in [0.2, 0.25) is 0 Å². The molecule has 0 saturated heterocycles. The van der Waals surface area contributed by atoms with Crippen LogP contribution in [-0.2, 0) is 0 Å². The first-order valence-corrected chi connectivity index (χ1v) is 11.1. The normalized spacial score (nSPS) is 10.4. The van der Waals surface area contributed by atoms with E-state index in [-0.39, 0.29) is 22.9 Å². The van der Waals surface area contributed by atoms with Gasteiger partial charge in [-0.3, -0.25) is 0 Å². The number of rotatable bonds is 4. The number of phenols is 2. The van der Waals surface area contributed by atoms with Gasteiger partial charge in [-0.25, -0.2) is 0 Å². The SMILES string of the molecule is Nc1ccc(Oc2cc(C#Cc3ccccc3)cc3c(Oc4ccc(N)c(O)c4)cccc23)cc1O. The third-order valence-electron chi connectivity index (χ3n) is 5.50. The van der Waals surface area contributed by atoms with E-state index in [4.69, 9.17) is 20.9 Å². The lowest BCUT2D eigenvalue weighted by Gasteiger charge is -2.14. The molecule has 6 heteroatoms. The zero-order valence-electron chi connectivity index (χ0n) is 19.1. The van der Waals surface area contributed by atoms with E-state index in [2.05, 4.69) is 11.8 Å². The first-order chi connectivity index (χ1) is 17.5. The van der Waals surface area contributed by atoms with Crippen molar-refractivity contribution in [1.82, 2.24) is 0 Å². The Hall–Kier alpha value is -5.28. The van der Waals surface area contributed by atoms with Crippen LogP contribution in [-0.4, -0.2) is 10.2 Å². The molecule has 176 valence electrons. The zero-order valence-corrected chi connectivity index (χ0v) is 19.1. The molecule has 36 heavy (non-hydrogen) atoms. The highest BCUT2D eigenvalue weighted by Gasteiger charge is 2.12. The quantitative estimate of drug-likeness (QED) is 0.136. The highest BCUT2D eigenvalue weighted by Crippen LogP contribution is 2.39. The largest absolute Gasteiger partial charge is 0.506 e. The number of anilines is 2. The fourth-order valence-corrected chi connectivity index (χ4v) is 3.66. The predicted octanol–water partition coefficient (Wildman–Crippen LogP) is 6.40. The lowest BCUT2D eigenvalue weighted by atomic mass is 10.0. The Balaban J connectivity index is 1.63. The van der Waals surface area contributed by atoms with Crippen molar-refractivity contribution in [3.63, 3.8) is 0 Å². The summed E-state index contributed by atoms with van der Waals surface area (Å²) < 4.78 is 12.3. The lowest BCUT2D eigenvalue weighted by Crippen LogP contribution is -1.92. The number of nitrogen functional groups attached to an aromatic ring is 2. The first kappa shape index (κ1) is 22.5. The smallest absolute Gasteiger partial charge is 0.142 e. The number of phenolic OH excluding ortho intramolecular Hbond substituents is 2. The van der Waals surface area contributed by atoms with Crippen molar-refractivity contribution in [2.45, 2.75) is 0 Å². The van der Waals surface area contributed by atoms with Crippen molar-refractivity contribution < 1.29 is 19.7 Å². The maximum atomic E-state index is 10.0. The third-order valence-corrected chi connectivity index (χ3v) is 5.50. The Morgan fingerprint density at radius 2 is 1.14 bits per heavy atom. The van der Waals surface area contributed by atoms with E-state index in [1.807, 2.05) is 60.7 Å². The van der Waals surface area contributed by atoms with E-state index in [1.165, 1.54) is 12.1 Å². The number of ether oxygens (including phenoxy) is 2. The van der Waals surface area contributed by atoms with Gasteiger partial charge in [0.2, 0.25) is 0 Å². The second kappa shape index (κ2) is 9.53. The minimum Gasteiger partial charge on any atom is -0.506 e. The number of fused-ring (bicyclic) bond motifs is 1. The average molecular weight is 475 g/mol. The molecule has 0 atom stereocenters. The van der Waals surface area contributed by atoms with Crippen molar-refractivity contribution in [3.05, 3.63) is 108 Å². The van der Waals surface area contributed by atoms with Crippen molar-refractivity contribution in [2.24, 2.45) is 0 Å². The number of benzene rings is 5. The molecule has 0 aliphatic rings. The summed E-state index contributed by atoms with van der Waals surface area (Å²) in [5.74, 6) is 8.16. The number of hydrogen-bond acceptors (Lipinski definition) is 6. The second-order valence-corrected chi connectivity index (χ2v) is 8.09. The molecule has 0 radical (unpaired) electrons. The second-order valence-electron chi connectivity index (χ2n) is 8.09. The van der Waals surface area contributed by atoms with Gasteiger partial charge >= 0.3 is 0 Å². The van der Waals surface area contributed by atoms with Crippen LogP contribution in [0.4, 0.5) is 11.4 Å². The van der Waals surface area contributed by atoms with Crippen LogP contribution in [0.15, 0.2) is 97.1 Å². The Morgan fingerprint density at radius 1 is 0.528 bits per heavy atom. The highest BCUT2D eigenvalue weighted by molar-refractivity contribution is 5.95. The summed E-state index contributed by atoms with van der Waals surface area (Å²) in [4.78, 5) is 0. The topological polar surface area (TPSA) is 111 Å². The first-order valence-electron chi connectivity index (χ1n) is 11.1. The van der Waals surface area contributed by atoms with Crippen LogP contribution in [0.1, 0.15) is 11.1 Å². The lowest BCUT2D eigenvalue weighted by molar-refractivity contribution is 0.456. The van der Waals surface area contributed by atoms with Crippen molar-refractivity contribution in [2.75, 3.05) is 11.5 Å². The highest BCUT2D eigenvalue weighted by atomic mass is 16.5. The van der Waals surface area contributed by atoms with Gasteiger partial charge in [0.15, 0.2) is 0 Å². The number of aromatic hydroxyl groups is 2. The Kier molecular flexibility index (Phi) is 5.96. The van der Waals surface area contributed by atoms with Crippen molar-refractivity contribution in [3.8, 4) is 46.3 Å². The Bertz CT molecular complexity index is 1640. The molecule has 0 aliphatic carbocycles. The van der Waals surface area contributed by atoms with Gasteiger partial charge in [-0.05, 0) is 54.6 Å². The fraction of sp³-hybridized carbons (Fsp3) is 0. The summed E-state index contributed by atoms with van der Waals surface area (Å²) in [5, 5.41) is 21.5. The molecular weight excluding hydrogens is 452 g/mol. The molecule has 0 saturated carbocycles. The molecular formula is C30H22N2O4. The molecule has 0 heterocycles. The molecule has 0 spiro atoms. The number of hydrogen-bond donors (Lipinski definition) is 4. The molecule has 5 rings (SSSR count). The van der Waals surface area contributed by atoms with Gasteiger partial charge in [0, 0.05) is 34.0 Å². The third kappa shape index (κ3) is 4.81. The van der Waals surface area contributed by atoms with Gasteiger partial charge in [0.1, 0.15) is 34.5 Å². The van der Waals surface area contributed by atoms with Gasteiger partial charge in [0.05, 0.1) is 11.4 Å². The summed E-state index contributed by atoms with van der Waals surface area (Å²) in [6.45, 7) is 0. The maximum absolute atomic E-state index is 10.0. The van der Waals surface area contributed by atoms with Crippen molar-refractivity contribution >= 4 is 22.1 Å².